The van der Waals surface area contributed by atoms with Crippen LogP contribution in [-0.2, 0) is 4.79 Å². The Morgan fingerprint density at radius 3 is 2.46 bits per heavy atom. The van der Waals surface area contributed by atoms with Gasteiger partial charge in [0.2, 0.25) is 0 Å². The minimum Gasteiger partial charge on any atom is -0.550 e. The summed E-state index contributed by atoms with van der Waals surface area (Å²) in [6.07, 6.45) is 3.73. The first kappa shape index (κ1) is 15.9. The van der Waals surface area contributed by atoms with Gasteiger partial charge in [0.15, 0.2) is 0 Å². The molecule has 1 N–H and O–H groups in total. The van der Waals surface area contributed by atoms with Gasteiger partial charge in [0.1, 0.15) is 0 Å². The molecule has 0 saturated heterocycles. The molecule has 0 aromatic rings. The molecule has 0 fully saturated rings. The van der Waals surface area contributed by atoms with E-state index in [0.717, 1.165) is 19.3 Å². The van der Waals surface area contributed by atoms with E-state index in [1.165, 1.54) is 0 Å². The fraction of sp³-hybridized carbons (Fsp3) is 0.889. The number of aliphatic hydroxyl groups is 1. The number of unbranched alkanes of at least 4 members (excludes halogenated alkanes) is 2. The number of aliphatic carboxylic acids is 1. The van der Waals surface area contributed by atoms with Crippen LogP contribution in [0.1, 0.15) is 45.4 Å². The summed E-state index contributed by atoms with van der Waals surface area (Å²) < 4.78 is 0. The van der Waals surface area contributed by atoms with Crippen molar-refractivity contribution in [2.45, 2.75) is 51.6 Å². The smallest absolute Gasteiger partial charge is 0.550 e. The molecule has 0 amide bonds. The van der Waals surface area contributed by atoms with Gasteiger partial charge in [0.25, 0.3) is 0 Å². The van der Waals surface area contributed by atoms with Gasteiger partial charge >= 0.3 is 29.6 Å². The number of rotatable bonds is 7. The van der Waals surface area contributed by atoms with Crippen LogP contribution in [0.2, 0.25) is 0 Å². The summed E-state index contributed by atoms with van der Waals surface area (Å²) in [5, 5.41) is 19.2. The summed E-state index contributed by atoms with van der Waals surface area (Å²) in [6, 6.07) is 0. The van der Waals surface area contributed by atoms with Crippen LogP contribution < -0.4 is 34.7 Å². The number of carbonyl (C=O) groups is 1. The molecule has 3 nitrogen and oxygen atoms in total. The molecule has 1 unspecified atom stereocenters. The van der Waals surface area contributed by atoms with Gasteiger partial charge in [-0.25, -0.2) is 0 Å². The number of carboxylic acid groups (broad SMARTS) is 1. The molecule has 0 spiro atoms. The third kappa shape index (κ3) is 12.4. The first-order chi connectivity index (χ1) is 5.66. The number of carbonyl (C=O) groups excluding carboxylic acids is 1. The summed E-state index contributed by atoms with van der Waals surface area (Å²) in [5.41, 5.74) is 0. The molecule has 13 heavy (non-hydrogen) atoms. The number of hydrogen-bond acceptors (Lipinski definition) is 3. The monoisotopic (exact) mass is 196 g/mol. The van der Waals surface area contributed by atoms with Crippen molar-refractivity contribution in [3.8, 4) is 0 Å². The predicted molar refractivity (Wildman–Crippen MR) is 44.4 cm³/mol. The second kappa shape index (κ2) is 10.5. The molecule has 0 bridgehead atoms. The Bertz CT molecular complexity index is 128. The van der Waals surface area contributed by atoms with Crippen LogP contribution in [0.25, 0.3) is 0 Å². The van der Waals surface area contributed by atoms with E-state index in [1.54, 1.807) is 0 Å². The fourth-order valence-corrected chi connectivity index (χ4v) is 1.06. The van der Waals surface area contributed by atoms with Crippen LogP contribution in [0.15, 0.2) is 0 Å². The van der Waals surface area contributed by atoms with Crippen molar-refractivity contribution in [1.29, 1.82) is 0 Å². The molecule has 0 radical (unpaired) electrons. The first-order valence-electron chi connectivity index (χ1n) is 4.54. The average molecular weight is 196 g/mol. The van der Waals surface area contributed by atoms with Gasteiger partial charge in [0.05, 0.1) is 6.10 Å². The number of carboxylic acids is 1. The van der Waals surface area contributed by atoms with Crippen molar-refractivity contribution in [2.24, 2.45) is 0 Å². The summed E-state index contributed by atoms with van der Waals surface area (Å²) in [4.78, 5) is 10.0. The van der Waals surface area contributed by atoms with E-state index < -0.39 is 12.1 Å². The molecule has 0 saturated carbocycles. The SMILES string of the molecule is CCCCCC(O)CCC(=O)[O-].[Na+]. The zero-order chi connectivity index (χ0) is 9.40. The van der Waals surface area contributed by atoms with E-state index in [1.807, 2.05) is 0 Å². The standard InChI is InChI=1S/C9H18O3.Na/c1-2-3-4-5-8(10)6-7-9(11)12;/h8,10H,2-7H2,1H3,(H,11,12);/q;+1/p-1. The van der Waals surface area contributed by atoms with Gasteiger partial charge in [-0.2, -0.15) is 0 Å². The Hall–Kier alpha value is 0.430. The minimum atomic E-state index is -1.08. The number of hydrogen-bond donors (Lipinski definition) is 1. The van der Waals surface area contributed by atoms with Crippen molar-refractivity contribution >= 4 is 5.97 Å². The van der Waals surface area contributed by atoms with Gasteiger partial charge in [-0.1, -0.05) is 26.2 Å². The van der Waals surface area contributed by atoms with E-state index >= 15 is 0 Å². The molecular formula is C9H17NaO3. The molecule has 0 rings (SSSR count). The molecule has 0 aromatic heterocycles. The Labute approximate surface area is 102 Å². The normalized spacial score (nSPS) is 11.8. The fourth-order valence-electron chi connectivity index (χ4n) is 1.06. The Balaban J connectivity index is 0. The zero-order valence-electron chi connectivity index (χ0n) is 8.58. The second-order valence-corrected chi connectivity index (χ2v) is 3.06. The molecule has 72 valence electrons. The maximum absolute atomic E-state index is 10.0. The van der Waals surface area contributed by atoms with E-state index in [2.05, 4.69) is 6.92 Å². The molecule has 0 heterocycles. The van der Waals surface area contributed by atoms with Gasteiger partial charge in [-0.3, -0.25) is 0 Å². The topological polar surface area (TPSA) is 60.4 Å². The first-order valence-corrected chi connectivity index (χ1v) is 4.54. The summed E-state index contributed by atoms with van der Waals surface area (Å²) >= 11 is 0. The van der Waals surface area contributed by atoms with E-state index in [-0.39, 0.29) is 36.0 Å². The molecule has 1 atom stereocenters. The van der Waals surface area contributed by atoms with E-state index in [0.29, 0.717) is 12.8 Å². The van der Waals surface area contributed by atoms with Crippen LogP contribution >= 0.6 is 0 Å². The Morgan fingerprint density at radius 1 is 1.38 bits per heavy atom. The van der Waals surface area contributed by atoms with Crippen LogP contribution in [0.3, 0.4) is 0 Å². The van der Waals surface area contributed by atoms with Crippen molar-refractivity contribution in [1.82, 2.24) is 0 Å². The average Bonchev–Trinajstić information content (AvgIpc) is 2.01. The van der Waals surface area contributed by atoms with Gasteiger partial charge < -0.3 is 15.0 Å². The Morgan fingerprint density at radius 2 is 2.00 bits per heavy atom. The predicted octanol–water partition coefficient (Wildman–Crippen LogP) is -2.54. The van der Waals surface area contributed by atoms with Crippen molar-refractivity contribution in [2.75, 3.05) is 0 Å². The van der Waals surface area contributed by atoms with E-state index in [4.69, 9.17) is 0 Å². The van der Waals surface area contributed by atoms with E-state index in [9.17, 15) is 15.0 Å². The zero-order valence-corrected chi connectivity index (χ0v) is 10.6. The molecule has 0 aliphatic carbocycles. The van der Waals surface area contributed by atoms with Gasteiger partial charge in [0, 0.05) is 5.97 Å². The third-order valence-electron chi connectivity index (χ3n) is 1.82. The van der Waals surface area contributed by atoms with Crippen LogP contribution in [0.5, 0.6) is 0 Å². The maximum atomic E-state index is 10.0. The molecule has 0 aliphatic rings. The maximum Gasteiger partial charge on any atom is 1.00 e. The van der Waals surface area contributed by atoms with Crippen molar-refractivity contribution < 1.29 is 44.6 Å². The molecule has 4 heteroatoms. The minimum absolute atomic E-state index is 0. The van der Waals surface area contributed by atoms with Crippen LogP contribution in [-0.4, -0.2) is 17.2 Å². The third-order valence-corrected chi connectivity index (χ3v) is 1.82. The summed E-state index contributed by atoms with van der Waals surface area (Å²) in [7, 11) is 0. The number of aliphatic hydroxyl groups excluding tert-OH is 1. The largest absolute Gasteiger partial charge is 1.00 e. The molecule has 0 aromatic carbocycles. The van der Waals surface area contributed by atoms with Crippen LogP contribution in [0, 0.1) is 0 Å². The van der Waals surface area contributed by atoms with Crippen molar-refractivity contribution in [3.63, 3.8) is 0 Å². The molecular weight excluding hydrogens is 179 g/mol. The van der Waals surface area contributed by atoms with Gasteiger partial charge in [-0.05, 0) is 19.3 Å². The summed E-state index contributed by atoms with van der Waals surface area (Å²) in [6.45, 7) is 2.09. The van der Waals surface area contributed by atoms with Crippen LogP contribution in [0.4, 0.5) is 0 Å². The molecule has 0 aliphatic heterocycles. The van der Waals surface area contributed by atoms with Crippen molar-refractivity contribution in [3.05, 3.63) is 0 Å². The quantitative estimate of drug-likeness (QED) is 0.360. The Kier molecular flexibility index (Phi) is 12.8. The second-order valence-electron chi connectivity index (χ2n) is 3.06. The van der Waals surface area contributed by atoms with Gasteiger partial charge in [-0.15, -0.1) is 0 Å². The summed E-state index contributed by atoms with van der Waals surface area (Å²) in [5.74, 6) is -1.08.